The number of carbonyl (C=O) groups is 1. The number of carbonyl (C=O) groups excluding carboxylic acids is 1. The van der Waals surface area contributed by atoms with Crippen molar-refractivity contribution in [3.63, 3.8) is 0 Å². The van der Waals surface area contributed by atoms with E-state index in [1.54, 1.807) is 66.7 Å². The second-order valence-corrected chi connectivity index (χ2v) is 11.3. The molecule has 0 aromatic heterocycles. The van der Waals surface area contributed by atoms with Crippen LogP contribution in [0.4, 0.5) is 10.1 Å². The Morgan fingerprint density at radius 3 is 2.47 bits per heavy atom. The van der Waals surface area contributed by atoms with Crippen LogP contribution in [0.2, 0.25) is 0 Å². The smallest absolute Gasteiger partial charge is 0.252 e. The molecule has 1 heterocycles. The van der Waals surface area contributed by atoms with Gasteiger partial charge in [-0.1, -0.05) is 75.6 Å². The van der Waals surface area contributed by atoms with Gasteiger partial charge in [-0.05, 0) is 71.1 Å². The van der Waals surface area contributed by atoms with E-state index in [2.05, 4.69) is 31.3 Å². The number of nitrogens with one attached hydrogen (secondary N) is 1. The second-order valence-electron chi connectivity index (χ2n) is 10.4. The SMILES string of the molecule is [N-]=[N+]=Nc1ccccc1C[C@@]1(C(=O)NCCc2ccccc2F)N=C(c2ccc(OCCCO)cc2)O[C@@H]1c1ccc(Br)cc1. The molecule has 0 bridgehead atoms. The summed E-state index contributed by atoms with van der Waals surface area (Å²) < 4.78 is 27.4. The summed E-state index contributed by atoms with van der Waals surface area (Å²) in [5.41, 5.74) is 10.5. The van der Waals surface area contributed by atoms with Crippen LogP contribution < -0.4 is 10.1 Å². The summed E-state index contributed by atoms with van der Waals surface area (Å²) in [5.74, 6) is 0.123. The first-order chi connectivity index (χ1) is 21.9. The Morgan fingerprint density at radius 1 is 1.04 bits per heavy atom. The van der Waals surface area contributed by atoms with Gasteiger partial charge in [0.05, 0.1) is 6.61 Å². The number of hydrogen-bond donors (Lipinski definition) is 2. The molecule has 1 aliphatic rings. The van der Waals surface area contributed by atoms with Crippen LogP contribution in [0.25, 0.3) is 10.4 Å². The molecule has 45 heavy (non-hydrogen) atoms. The van der Waals surface area contributed by atoms with Gasteiger partial charge in [0.1, 0.15) is 11.6 Å². The van der Waals surface area contributed by atoms with Crippen LogP contribution in [0.1, 0.15) is 34.8 Å². The molecule has 5 rings (SSSR count). The lowest BCUT2D eigenvalue weighted by Crippen LogP contribution is -2.50. The maximum absolute atomic E-state index is 14.4. The van der Waals surface area contributed by atoms with Crippen molar-refractivity contribution in [1.29, 1.82) is 0 Å². The Balaban J connectivity index is 1.56. The molecule has 11 heteroatoms. The van der Waals surface area contributed by atoms with Crippen molar-refractivity contribution < 1.29 is 23.8 Å². The highest BCUT2D eigenvalue weighted by Gasteiger charge is 2.53. The highest BCUT2D eigenvalue weighted by Crippen LogP contribution is 2.44. The zero-order valence-electron chi connectivity index (χ0n) is 24.3. The van der Waals surface area contributed by atoms with Gasteiger partial charge in [0.25, 0.3) is 5.91 Å². The molecule has 2 atom stereocenters. The molecule has 9 nitrogen and oxygen atoms in total. The lowest BCUT2D eigenvalue weighted by molar-refractivity contribution is -0.128. The van der Waals surface area contributed by atoms with Gasteiger partial charge in [-0.2, -0.15) is 0 Å². The number of benzene rings is 4. The Labute approximate surface area is 268 Å². The minimum absolute atomic E-state index is 0.0351. The van der Waals surface area contributed by atoms with E-state index in [1.807, 2.05) is 24.3 Å². The lowest BCUT2D eigenvalue weighted by atomic mass is 9.81. The van der Waals surface area contributed by atoms with E-state index < -0.39 is 17.6 Å². The molecule has 1 amide bonds. The molecule has 0 spiro atoms. The number of nitrogens with zero attached hydrogens (tertiary/aromatic N) is 4. The van der Waals surface area contributed by atoms with Crippen molar-refractivity contribution in [2.75, 3.05) is 19.8 Å². The largest absolute Gasteiger partial charge is 0.494 e. The molecule has 0 aliphatic carbocycles. The highest BCUT2D eigenvalue weighted by molar-refractivity contribution is 9.10. The molecular formula is C34H31BrFN5O4. The predicted octanol–water partition coefficient (Wildman–Crippen LogP) is 7.15. The maximum atomic E-state index is 14.4. The van der Waals surface area contributed by atoms with E-state index in [1.165, 1.54) is 6.07 Å². The van der Waals surface area contributed by atoms with Gasteiger partial charge in [-0.15, -0.1) is 0 Å². The van der Waals surface area contributed by atoms with Crippen molar-refractivity contribution >= 4 is 33.4 Å². The number of azide groups is 1. The quantitative estimate of drug-likeness (QED) is 0.0677. The van der Waals surface area contributed by atoms with Crippen molar-refractivity contribution in [2.45, 2.75) is 30.9 Å². The average Bonchev–Trinajstić information content (AvgIpc) is 3.44. The van der Waals surface area contributed by atoms with E-state index in [0.29, 0.717) is 46.7 Å². The van der Waals surface area contributed by atoms with Crippen molar-refractivity contribution in [3.8, 4) is 5.75 Å². The van der Waals surface area contributed by atoms with Gasteiger partial charge < -0.3 is 19.9 Å². The fraction of sp³-hybridized carbons (Fsp3) is 0.235. The summed E-state index contributed by atoms with van der Waals surface area (Å²) in [6.45, 7) is 0.574. The van der Waals surface area contributed by atoms with Crippen molar-refractivity contribution in [1.82, 2.24) is 5.32 Å². The molecule has 2 N–H and O–H groups in total. The maximum Gasteiger partial charge on any atom is 0.252 e. The summed E-state index contributed by atoms with van der Waals surface area (Å²) >= 11 is 3.48. The van der Waals surface area contributed by atoms with Gasteiger partial charge in [0.15, 0.2) is 11.6 Å². The van der Waals surface area contributed by atoms with Crippen molar-refractivity contribution in [3.05, 3.63) is 140 Å². The van der Waals surface area contributed by atoms with Crippen LogP contribution in [-0.2, 0) is 22.4 Å². The van der Waals surface area contributed by atoms with Gasteiger partial charge in [0, 0.05) is 46.6 Å². The van der Waals surface area contributed by atoms with Gasteiger partial charge in [-0.25, -0.2) is 9.38 Å². The topological polar surface area (TPSA) is 129 Å². The Bertz CT molecular complexity index is 1710. The van der Waals surface area contributed by atoms with E-state index in [-0.39, 0.29) is 37.7 Å². The predicted molar refractivity (Wildman–Crippen MR) is 173 cm³/mol. The first-order valence-electron chi connectivity index (χ1n) is 14.4. The van der Waals surface area contributed by atoms with Gasteiger partial charge >= 0.3 is 0 Å². The summed E-state index contributed by atoms with van der Waals surface area (Å²) in [4.78, 5) is 22.4. The van der Waals surface area contributed by atoms with Crippen LogP contribution >= 0.6 is 15.9 Å². The molecule has 230 valence electrons. The zero-order chi connectivity index (χ0) is 31.6. The number of aliphatic hydroxyl groups excluding tert-OH is 1. The minimum Gasteiger partial charge on any atom is -0.494 e. The van der Waals surface area contributed by atoms with Crippen LogP contribution in [0.15, 0.2) is 112 Å². The number of rotatable bonds is 13. The zero-order valence-corrected chi connectivity index (χ0v) is 25.9. The first kappa shape index (κ1) is 31.7. The van der Waals surface area contributed by atoms with Crippen LogP contribution in [0.3, 0.4) is 0 Å². The Hall–Kier alpha value is -4.70. The molecular weight excluding hydrogens is 641 g/mol. The Morgan fingerprint density at radius 2 is 1.76 bits per heavy atom. The first-order valence-corrected chi connectivity index (χ1v) is 15.2. The highest BCUT2D eigenvalue weighted by atomic mass is 79.9. The van der Waals surface area contributed by atoms with Crippen molar-refractivity contribution in [2.24, 2.45) is 10.1 Å². The van der Waals surface area contributed by atoms with Crippen LogP contribution in [0.5, 0.6) is 5.75 Å². The molecule has 1 aliphatic heterocycles. The number of amides is 1. The van der Waals surface area contributed by atoms with Gasteiger partial charge in [0.2, 0.25) is 5.90 Å². The fourth-order valence-corrected chi connectivity index (χ4v) is 5.45. The third-order valence-electron chi connectivity index (χ3n) is 7.44. The number of ether oxygens (including phenoxy) is 2. The molecule has 0 saturated heterocycles. The average molecular weight is 673 g/mol. The molecule has 0 unspecified atom stereocenters. The summed E-state index contributed by atoms with van der Waals surface area (Å²) in [6, 6.07) is 28.1. The van der Waals surface area contributed by atoms with E-state index in [0.717, 1.165) is 4.47 Å². The van der Waals surface area contributed by atoms with E-state index >= 15 is 0 Å². The normalized spacial score (nSPS) is 17.1. The Kier molecular flexibility index (Phi) is 10.5. The van der Waals surface area contributed by atoms with Crippen LogP contribution in [0, 0.1) is 5.82 Å². The number of aliphatic imine (C=N–C) groups is 1. The number of hydrogen-bond acceptors (Lipinski definition) is 6. The molecule has 0 saturated carbocycles. The number of aliphatic hydroxyl groups is 1. The lowest BCUT2D eigenvalue weighted by Gasteiger charge is -2.31. The second kappa shape index (κ2) is 14.9. The summed E-state index contributed by atoms with van der Waals surface area (Å²) in [6.07, 6.45) is -0.00533. The molecule has 4 aromatic rings. The fourth-order valence-electron chi connectivity index (χ4n) is 5.18. The van der Waals surface area contributed by atoms with E-state index in [4.69, 9.17) is 19.6 Å². The summed E-state index contributed by atoms with van der Waals surface area (Å²) in [5, 5.41) is 15.9. The third-order valence-corrected chi connectivity index (χ3v) is 7.97. The standard InChI is InChI=1S/C34H31BrFN5O4/c35-27-14-10-24(11-15-27)31-34(22-26-7-2-4-9-30(26)40-41-37,33(43)38-19-18-23-6-1-3-8-29(23)36)39-32(45-31)25-12-16-28(17-13-25)44-21-5-20-42/h1-4,6-17,31,42H,5,18-22H2,(H,38,43)/t31-,34-/m1/s1. The van der Waals surface area contributed by atoms with E-state index in [9.17, 15) is 14.7 Å². The monoisotopic (exact) mass is 671 g/mol. The summed E-state index contributed by atoms with van der Waals surface area (Å²) in [7, 11) is 0. The van der Waals surface area contributed by atoms with Gasteiger partial charge in [-0.3, -0.25) is 4.79 Å². The minimum atomic E-state index is -1.52. The van der Waals surface area contributed by atoms with Crippen LogP contribution in [-0.4, -0.2) is 42.2 Å². The molecule has 0 fully saturated rings. The third kappa shape index (κ3) is 7.51. The molecule has 4 aromatic carbocycles. The molecule has 0 radical (unpaired) electrons. The number of halogens is 2.